The number of ether oxygens (including phenoxy) is 1. The Morgan fingerprint density at radius 3 is 1.71 bits per heavy atom. The standard InChI is InChI=1S/C35H33ClN6O3.C24H21ClN6O.O2S/c1-33(2,3)45-32(44)41-35-19-34(20-35,21-35)30(43)38-22-10-9-11-23(16-22)39-31-37-17-27(36)29(40-31)26-18-42(24-12-5-4-6-13-24)28-15-8-7-14-25(26)28;25-18-10-28-22(31-20(18)17-9-27-19-7-2-1-6-16(17)19)30-15-5-3-4-14(8-15)29-21(32)23-11-24(26,12-23)13-23;1-3-2/h4-18H,19-21H2,1-3H3,(H,38,43)(H,41,44)(H,37,39,40);1-10,27H,11-13,26H2,(H,29,32)(H,28,30,31);. The van der Waals surface area contributed by atoms with Gasteiger partial charge in [-0.3, -0.25) is 9.59 Å². The number of H-pyrrole nitrogens is 1. The topological polar surface area (TPSA) is 253 Å². The summed E-state index contributed by atoms with van der Waals surface area (Å²) >= 11 is 12.3. The Hall–Kier alpha value is -8.49. The molecule has 0 aliphatic heterocycles. The fourth-order valence-electron chi connectivity index (χ4n) is 11.6. The third-order valence-electron chi connectivity index (χ3n) is 14.9. The van der Waals surface area contributed by atoms with E-state index in [2.05, 4.69) is 75.4 Å². The Bertz CT molecular complexity index is 3890. The van der Waals surface area contributed by atoms with Gasteiger partial charge < -0.3 is 46.6 Å². The molecule has 3 amide bonds. The van der Waals surface area contributed by atoms with E-state index in [4.69, 9.17) is 47.1 Å². The van der Waals surface area contributed by atoms with Crippen LogP contribution < -0.4 is 32.3 Å². The molecule has 6 aliphatic rings. The summed E-state index contributed by atoms with van der Waals surface area (Å²) in [6.07, 6.45) is 10.8. The predicted molar refractivity (Wildman–Crippen MR) is 311 cm³/mol. The number of carbonyl (C=O) groups is 3. The summed E-state index contributed by atoms with van der Waals surface area (Å²) in [5.41, 5.74) is 13.3. The number of nitrogens with one attached hydrogen (secondary N) is 6. The number of aromatic nitrogens is 6. The molecule has 0 saturated heterocycles. The van der Waals surface area contributed by atoms with Crippen molar-refractivity contribution in [3.8, 4) is 28.2 Å². The van der Waals surface area contributed by atoms with Gasteiger partial charge in [0.1, 0.15) is 5.60 Å². The molecule has 9 aromatic rings. The van der Waals surface area contributed by atoms with Gasteiger partial charge in [-0.2, -0.15) is 8.42 Å². The fraction of sp³-hybridized carbons (Fsp3) is 0.237. The maximum Gasteiger partial charge on any atom is 0.408 e. The summed E-state index contributed by atoms with van der Waals surface area (Å²) in [7, 11) is 0. The van der Waals surface area contributed by atoms with Gasteiger partial charge in [0.05, 0.1) is 50.2 Å². The SMILES string of the molecule is CC(C)(C)OC(=O)NC12CC(C(=O)Nc3cccc(Nc4ncc(Cl)c(-c5cn(-c6ccccc6)c6ccccc56)n4)c3)(C1)C2.NC12CC(C(=O)Nc3cccc(Nc4ncc(Cl)c(-c5c[nH]c6ccccc56)n4)c3)(C1)C2.O=S=O. The lowest BCUT2D eigenvalue weighted by Crippen LogP contribution is -2.77. The van der Waals surface area contributed by atoms with Gasteiger partial charge in [-0.25, -0.2) is 24.7 Å². The van der Waals surface area contributed by atoms with E-state index in [1.54, 1.807) is 12.4 Å². The molecule has 18 nitrogen and oxygen atoms in total. The second-order valence-electron chi connectivity index (χ2n) is 22.1. The number of alkyl carbamates (subject to hydrolysis) is 1. The molecule has 80 heavy (non-hydrogen) atoms. The van der Waals surface area contributed by atoms with Crippen LogP contribution in [-0.2, 0) is 25.9 Å². The van der Waals surface area contributed by atoms with Crippen LogP contribution in [-0.4, -0.2) is 72.5 Å². The first kappa shape index (κ1) is 53.5. The number of fused-ring (bicyclic) bond motifs is 2. The summed E-state index contributed by atoms with van der Waals surface area (Å²) in [5, 5.41) is 18.5. The lowest BCUT2D eigenvalue weighted by Gasteiger charge is -2.68. The zero-order valence-electron chi connectivity index (χ0n) is 43.6. The lowest BCUT2D eigenvalue weighted by molar-refractivity contribution is -0.174. The Morgan fingerprint density at radius 2 is 1.15 bits per heavy atom. The van der Waals surface area contributed by atoms with Gasteiger partial charge in [-0.1, -0.05) is 89.9 Å². The summed E-state index contributed by atoms with van der Waals surface area (Å²) in [6.45, 7) is 5.49. The molecule has 8 N–H and O–H groups in total. The second kappa shape index (κ2) is 21.0. The number of amides is 3. The highest BCUT2D eigenvalue weighted by Crippen LogP contribution is 2.68. The van der Waals surface area contributed by atoms with Crippen LogP contribution in [0.5, 0.6) is 0 Å². The summed E-state index contributed by atoms with van der Waals surface area (Å²) < 4.78 is 24.1. The smallest absolute Gasteiger partial charge is 0.408 e. The molecule has 4 bridgehead atoms. The van der Waals surface area contributed by atoms with E-state index >= 15 is 0 Å². The van der Waals surface area contributed by atoms with Crippen molar-refractivity contribution in [2.24, 2.45) is 16.6 Å². The molecule has 0 atom stereocenters. The first-order chi connectivity index (χ1) is 38.4. The first-order valence-electron chi connectivity index (χ1n) is 25.7. The minimum absolute atomic E-state index is 0.0475. The molecule has 406 valence electrons. The number of hydrogen-bond donors (Lipinski definition) is 7. The summed E-state index contributed by atoms with van der Waals surface area (Å²) in [6, 6.07) is 41.2. The van der Waals surface area contributed by atoms with Crippen LogP contribution in [0.1, 0.15) is 59.3 Å². The van der Waals surface area contributed by atoms with Crippen LogP contribution in [0.4, 0.5) is 39.4 Å². The Balaban J connectivity index is 0.000000169. The number of hydrogen-bond acceptors (Lipinski definition) is 13. The van der Waals surface area contributed by atoms with E-state index in [0.717, 1.165) is 69.3 Å². The number of nitrogens with zero attached hydrogens (tertiary/aromatic N) is 5. The molecule has 4 aromatic heterocycles. The van der Waals surface area contributed by atoms with Crippen LogP contribution in [0.15, 0.2) is 152 Å². The van der Waals surface area contributed by atoms with Crippen molar-refractivity contribution in [2.45, 2.75) is 76.0 Å². The highest BCUT2D eigenvalue weighted by atomic mass is 35.5. The minimum atomic E-state index is -0.750. The van der Waals surface area contributed by atoms with Gasteiger partial charge in [0, 0.05) is 79.3 Å². The van der Waals surface area contributed by atoms with E-state index in [-0.39, 0.29) is 28.3 Å². The predicted octanol–water partition coefficient (Wildman–Crippen LogP) is 12.0. The number of rotatable bonds is 12. The van der Waals surface area contributed by atoms with Gasteiger partial charge in [-0.05, 0) is 120 Å². The molecule has 5 aromatic carbocycles. The summed E-state index contributed by atoms with van der Waals surface area (Å²) in [5.74, 6) is 0.797. The van der Waals surface area contributed by atoms with Gasteiger partial charge in [0.25, 0.3) is 0 Å². The van der Waals surface area contributed by atoms with E-state index in [9.17, 15) is 14.4 Å². The Kier molecular flexibility index (Phi) is 14.0. The average Bonchev–Trinajstić information content (AvgIpc) is 4.11. The zero-order chi connectivity index (χ0) is 56.0. The third-order valence-corrected chi connectivity index (χ3v) is 15.5. The number of para-hydroxylation sites is 3. The van der Waals surface area contributed by atoms with Gasteiger partial charge >= 0.3 is 17.7 Å². The van der Waals surface area contributed by atoms with Crippen molar-refractivity contribution in [1.29, 1.82) is 0 Å². The number of carbonyl (C=O) groups excluding carboxylic acids is 3. The molecule has 6 saturated carbocycles. The fourth-order valence-corrected chi connectivity index (χ4v) is 12.0. The van der Waals surface area contributed by atoms with Crippen LogP contribution in [0.2, 0.25) is 10.0 Å². The van der Waals surface area contributed by atoms with Crippen molar-refractivity contribution < 1.29 is 27.5 Å². The van der Waals surface area contributed by atoms with Crippen molar-refractivity contribution >= 4 is 109 Å². The van der Waals surface area contributed by atoms with Crippen molar-refractivity contribution in [2.75, 3.05) is 21.3 Å². The molecule has 0 unspecified atom stereocenters. The monoisotopic (exact) mass is 1130 g/mol. The summed E-state index contributed by atoms with van der Waals surface area (Å²) in [4.78, 5) is 59.6. The van der Waals surface area contributed by atoms with Crippen molar-refractivity contribution in [1.82, 2.24) is 34.8 Å². The van der Waals surface area contributed by atoms with Crippen LogP contribution >= 0.6 is 23.2 Å². The second-order valence-corrected chi connectivity index (χ2v) is 23.0. The molecule has 15 rings (SSSR count). The van der Waals surface area contributed by atoms with Gasteiger partial charge in [0.15, 0.2) is 0 Å². The number of benzene rings is 5. The zero-order valence-corrected chi connectivity index (χ0v) is 45.9. The van der Waals surface area contributed by atoms with Crippen molar-refractivity contribution in [3.05, 3.63) is 162 Å². The minimum Gasteiger partial charge on any atom is -0.444 e. The van der Waals surface area contributed by atoms with Crippen LogP contribution in [0, 0.1) is 10.8 Å². The first-order valence-corrected chi connectivity index (χ1v) is 27.2. The molecular formula is C59H54Cl2N12O6S. The quantitative estimate of drug-likeness (QED) is 0.0602. The van der Waals surface area contributed by atoms with E-state index in [1.807, 2.05) is 136 Å². The molecule has 6 fully saturated rings. The molecule has 0 radical (unpaired) electrons. The average molecular weight is 1130 g/mol. The molecule has 0 spiro atoms. The Labute approximate surface area is 473 Å². The van der Waals surface area contributed by atoms with E-state index in [0.29, 0.717) is 64.0 Å². The number of aromatic amines is 1. The Morgan fingerprint density at radius 1 is 0.650 bits per heavy atom. The van der Waals surface area contributed by atoms with Gasteiger partial charge in [-0.15, -0.1) is 0 Å². The lowest BCUT2D eigenvalue weighted by atomic mass is 9.39. The van der Waals surface area contributed by atoms with E-state index in [1.165, 1.54) is 0 Å². The number of anilines is 6. The van der Waals surface area contributed by atoms with E-state index < -0.39 is 28.7 Å². The largest absolute Gasteiger partial charge is 0.444 e. The van der Waals surface area contributed by atoms with Crippen LogP contribution in [0.25, 0.3) is 50.0 Å². The highest BCUT2D eigenvalue weighted by molar-refractivity contribution is 7.51. The normalized spacial score (nSPS) is 20.8. The highest BCUT2D eigenvalue weighted by Gasteiger charge is 2.72. The molecule has 21 heteroatoms. The maximum absolute atomic E-state index is 13.2. The third kappa shape index (κ3) is 10.7. The van der Waals surface area contributed by atoms with Crippen molar-refractivity contribution in [3.63, 3.8) is 0 Å². The number of halogens is 2. The molecule has 6 aliphatic carbocycles. The van der Waals surface area contributed by atoms with Gasteiger partial charge in [0.2, 0.25) is 23.7 Å². The molecule has 4 heterocycles. The van der Waals surface area contributed by atoms with Crippen LogP contribution in [0.3, 0.4) is 0 Å². The maximum atomic E-state index is 13.2. The number of nitrogens with two attached hydrogens (primary N) is 1. The molecular weight excluding hydrogens is 1080 g/mol.